The minimum Gasteiger partial charge on any atom is -0.456 e. The van der Waals surface area contributed by atoms with Crippen LogP contribution in [0.2, 0.25) is 0 Å². The van der Waals surface area contributed by atoms with Crippen molar-refractivity contribution in [1.82, 2.24) is 19.6 Å². The maximum absolute atomic E-state index is 6.14. The number of rotatable bonds is 7. The van der Waals surface area contributed by atoms with Crippen LogP contribution in [0.4, 0.5) is 0 Å². The van der Waals surface area contributed by atoms with Crippen LogP contribution in [-0.4, -0.2) is 19.6 Å². The Balaban J connectivity index is 1.02. The van der Waals surface area contributed by atoms with Crippen molar-refractivity contribution in [3.05, 3.63) is 218 Å². The molecule has 0 radical (unpaired) electrons. The van der Waals surface area contributed by atoms with Gasteiger partial charge < -0.3 is 4.42 Å². The fourth-order valence-electron chi connectivity index (χ4n) is 8.83. The van der Waals surface area contributed by atoms with Crippen LogP contribution in [0.1, 0.15) is 0 Å². The molecule has 0 bridgehead atoms. The predicted octanol–water partition coefficient (Wildman–Crippen LogP) is 14.8. The largest absolute Gasteiger partial charge is 0.456 e. The Bertz CT molecular complexity index is 3630. The molecule has 4 aromatic heterocycles. The van der Waals surface area contributed by atoms with Crippen LogP contribution in [0.15, 0.2) is 223 Å². The summed E-state index contributed by atoms with van der Waals surface area (Å²) in [6, 6.07) is 76.2. The SMILES string of the molecule is c1ccc(-c2cc(-c3cccc(-c4ccc5oc6ccccc6c5c4)c3)nc(-c3cccc(-c4cc5ccccc5c5c(-c6ccccc6)c(-c6ccccc6)nn45)c3)n2)cc1. The van der Waals surface area contributed by atoms with Crippen molar-refractivity contribution in [2.75, 3.05) is 0 Å². The molecule has 0 N–H and O–H groups in total. The number of nitrogens with zero attached hydrogens (tertiary/aromatic N) is 4. The van der Waals surface area contributed by atoms with Crippen molar-refractivity contribution in [3.63, 3.8) is 0 Å². The van der Waals surface area contributed by atoms with Gasteiger partial charge in [-0.25, -0.2) is 14.5 Å². The number of hydrogen-bond acceptors (Lipinski definition) is 4. The maximum atomic E-state index is 6.14. The van der Waals surface area contributed by atoms with Gasteiger partial charge in [-0.1, -0.05) is 176 Å². The van der Waals surface area contributed by atoms with E-state index in [-0.39, 0.29) is 0 Å². The summed E-state index contributed by atoms with van der Waals surface area (Å²) in [6.45, 7) is 0. The van der Waals surface area contributed by atoms with Crippen LogP contribution in [0, 0.1) is 0 Å². The summed E-state index contributed by atoms with van der Waals surface area (Å²) in [6.07, 6.45) is 0. The van der Waals surface area contributed by atoms with Gasteiger partial charge in [0.25, 0.3) is 0 Å². The topological polar surface area (TPSA) is 56.2 Å². The summed E-state index contributed by atoms with van der Waals surface area (Å²) in [5, 5.41) is 9.94. The highest BCUT2D eigenvalue weighted by Crippen LogP contribution is 2.42. The third-order valence-corrected chi connectivity index (χ3v) is 11.8. The average Bonchev–Trinajstić information content (AvgIpc) is 3.94. The molecule has 12 aromatic rings. The Hall–Kier alpha value is -8.41. The first kappa shape index (κ1) is 35.5. The van der Waals surface area contributed by atoms with Gasteiger partial charge in [-0.15, -0.1) is 0 Å². The van der Waals surface area contributed by atoms with E-state index < -0.39 is 0 Å². The van der Waals surface area contributed by atoms with Gasteiger partial charge in [0.1, 0.15) is 16.9 Å². The quantitative estimate of drug-likeness (QED) is 0.161. The molecule has 12 rings (SSSR count). The Morgan fingerprint density at radius 3 is 1.71 bits per heavy atom. The minimum absolute atomic E-state index is 0.646. The molecule has 8 aromatic carbocycles. The van der Waals surface area contributed by atoms with Gasteiger partial charge in [0.15, 0.2) is 5.82 Å². The lowest BCUT2D eigenvalue weighted by Gasteiger charge is -2.13. The third kappa shape index (κ3) is 6.14. The lowest BCUT2D eigenvalue weighted by atomic mass is 9.96. The first-order chi connectivity index (χ1) is 30.7. The van der Waals surface area contributed by atoms with Gasteiger partial charge in [0, 0.05) is 49.5 Å². The lowest BCUT2D eigenvalue weighted by molar-refractivity contribution is 0.669. The predicted molar refractivity (Wildman–Crippen MR) is 254 cm³/mol. The molecule has 0 aliphatic heterocycles. The molecule has 0 atom stereocenters. The molecule has 5 nitrogen and oxygen atoms in total. The number of benzene rings is 8. The molecule has 0 saturated heterocycles. The molecule has 5 heteroatoms. The van der Waals surface area contributed by atoms with Gasteiger partial charge in [-0.3, -0.25) is 0 Å². The number of aromatic nitrogens is 4. The number of furan rings is 1. The van der Waals surface area contributed by atoms with E-state index in [9.17, 15) is 0 Å². The van der Waals surface area contributed by atoms with E-state index in [4.69, 9.17) is 19.5 Å². The van der Waals surface area contributed by atoms with E-state index in [2.05, 4.69) is 199 Å². The molecular formula is C57H36N4O. The second kappa shape index (κ2) is 14.7. The molecule has 0 saturated carbocycles. The van der Waals surface area contributed by atoms with E-state index in [0.29, 0.717) is 5.82 Å². The molecule has 0 amide bonds. The van der Waals surface area contributed by atoms with E-state index in [1.165, 1.54) is 0 Å². The second-order valence-corrected chi connectivity index (χ2v) is 15.6. The molecule has 290 valence electrons. The van der Waals surface area contributed by atoms with Gasteiger partial charge in [-0.2, -0.15) is 5.10 Å². The van der Waals surface area contributed by atoms with Gasteiger partial charge in [-0.05, 0) is 64.5 Å². The van der Waals surface area contributed by atoms with Crippen molar-refractivity contribution in [3.8, 4) is 78.7 Å². The maximum Gasteiger partial charge on any atom is 0.160 e. The van der Waals surface area contributed by atoms with Crippen molar-refractivity contribution >= 4 is 38.2 Å². The fraction of sp³-hybridized carbons (Fsp3) is 0. The van der Waals surface area contributed by atoms with Crippen LogP contribution in [0.3, 0.4) is 0 Å². The monoisotopic (exact) mass is 792 g/mol. The molecule has 0 fully saturated rings. The van der Waals surface area contributed by atoms with Crippen LogP contribution in [0.25, 0.3) is 117 Å². The molecule has 0 spiro atoms. The Kier molecular flexibility index (Phi) is 8.42. The van der Waals surface area contributed by atoms with E-state index in [1.54, 1.807) is 0 Å². The molecular weight excluding hydrogens is 757 g/mol. The molecule has 0 aliphatic rings. The highest BCUT2D eigenvalue weighted by molar-refractivity contribution is 6.09. The first-order valence-corrected chi connectivity index (χ1v) is 20.8. The van der Waals surface area contributed by atoms with Crippen LogP contribution >= 0.6 is 0 Å². The Morgan fingerprint density at radius 1 is 0.355 bits per heavy atom. The number of hydrogen-bond donors (Lipinski definition) is 0. The molecule has 0 unspecified atom stereocenters. The van der Waals surface area contributed by atoms with Gasteiger partial charge in [0.2, 0.25) is 0 Å². The zero-order valence-corrected chi connectivity index (χ0v) is 33.5. The van der Waals surface area contributed by atoms with Crippen LogP contribution < -0.4 is 0 Å². The fourth-order valence-corrected chi connectivity index (χ4v) is 8.83. The minimum atomic E-state index is 0.646. The molecule has 0 aliphatic carbocycles. The van der Waals surface area contributed by atoms with E-state index in [1.807, 2.05) is 24.3 Å². The van der Waals surface area contributed by atoms with Gasteiger partial charge >= 0.3 is 0 Å². The second-order valence-electron chi connectivity index (χ2n) is 15.6. The number of pyridine rings is 1. The first-order valence-electron chi connectivity index (χ1n) is 20.8. The van der Waals surface area contributed by atoms with E-state index >= 15 is 0 Å². The van der Waals surface area contributed by atoms with Gasteiger partial charge in [0.05, 0.1) is 22.6 Å². The summed E-state index contributed by atoms with van der Waals surface area (Å²) in [4.78, 5) is 10.6. The summed E-state index contributed by atoms with van der Waals surface area (Å²) in [5.74, 6) is 0.646. The van der Waals surface area contributed by atoms with E-state index in [0.717, 1.165) is 111 Å². The summed E-state index contributed by atoms with van der Waals surface area (Å²) < 4.78 is 8.28. The highest BCUT2D eigenvalue weighted by atomic mass is 16.3. The van der Waals surface area contributed by atoms with Crippen molar-refractivity contribution in [2.24, 2.45) is 0 Å². The molecule has 4 heterocycles. The zero-order chi connectivity index (χ0) is 41.0. The average molecular weight is 793 g/mol. The summed E-state index contributed by atoms with van der Waals surface area (Å²) in [5.41, 5.74) is 15.9. The standard InChI is InChI=1S/C57H36N4O/c1-4-16-37(17-5-1)49-36-50(43-24-14-23-40(32-43)41-30-31-53-48(34-41)47-28-12-13-29-52(47)62-53)59-57(58-49)45-26-15-25-44(33-45)51-35-42-22-10-11-27-46(42)56-54(38-18-6-2-7-19-38)55(60-61(51)56)39-20-8-3-9-21-39/h1-36H. The Morgan fingerprint density at radius 2 is 0.919 bits per heavy atom. The highest BCUT2D eigenvalue weighted by Gasteiger charge is 2.22. The smallest absolute Gasteiger partial charge is 0.160 e. The van der Waals surface area contributed by atoms with Crippen LogP contribution in [-0.2, 0) is 0 Å². The summed E-state index contributed by atoms with van der Waals surface area (Å²) in [7, 11) is 0. The number of fused-ring (bicyclic) bond motifs is 6. The number of para-hydroxylation sites is 1. The lowest BCUT2D eigenvalue weighted by Crippen LogP contribution is -1.98. The van der Waals surface area contributed by atoms with Crippen LogP contribution in [0.5, 0.6) is 0 Å². The zero-order valence-electron chi connectivity index (χ0n) is 33.5. The normalized spacial score (nSPS) is 11.5. The summed E-state index contributed by atoms with van der Waals surface area (Å²) >= 11 is 0. The molecule has 62 heavy (non-hydrogen) atoms. The Labute approximate surface area is 357 Å². The van der Waals surface area contributed by atoms with Crippen molar-refractivity contribution < 1.29 is 4.42 Å². The van der Waals surface area contributed by atoms with Crippen molar-refractivity contribution in [1.29, 1.82) is 0 Å². The van der Waals surface area contributed by atoms with Crippen molar-refractivity contribution in [2.45, 2.75) is 0 Å². The third-order valence-electron chi connectivity index (χ3n) is 11.8.